The van der Waals surface area contributed by atoms with Gasteiger partial charge in [0.2, 0.25) is 5.89 Å². The summed E-state index contributed by atoms with van der Waals surface area (Å²) in [5.74, 6) is 1.72. The molecular formula is C14H15ClN2O2. The Morgan fingerprint density at radius 3 is 2.95 bits per heavy atom. The van der Waals surface area contributed by atoms with E-state index < -0.39 is 0 Å². The minimum atomic E-state index is -0.277. The molecule has 0 N–H and O–H groups in total. The number of nitrogens with zero attached hydrogens (tertiary/aromatic N) is 2. The van der Waals surface area contributed by atoms with Crippen molar-refractivity contribution in [2.45, 2.75) is 38.2 Å². The first-order valence-corrected chi connectivity index (χ1v) is 6.87. The average molecular weight is 279 g/mol. The highest BCUT2D eigenvalue weighted by molar-refractivity contribution is 6.20. The van der Waals surface area contributed by atoms with E-state index in [2.05, 4.69) is 22.3 Å². The molecule has 4 nitrogen and oxygen atoms in total. The highest BCUT2D eigenvalue weighted by Crippen LogP contribution is 2.26. The van der Waals surface area contributed by atoms with Gasteiger partial charge in [-0.1, -0.05) is 6.07 Å². The Labute approximate surface area is 116 Å². The largest absolute Gasteiger partial charge is 0.484 e. The third-order valence-electron chi connectivity index (χ3n) is 3.26. The molecule has 0 fully saturated rings. The second kappa shape index (κ2) is 5.21. The molecule has 0 radical (unpaired) electrons. The third kappa shape index (κ3) is 2.73. The fraction of sp³-hybridized carbons (Fsp3) is 0.429. The van der Waals surface area contributed by atoms with Crippen LogP contribution in [0.25, 0.3) is 0 Å². The van der Waals surface area contributed by atoms with Crippen LogP contribution >= 0.6 is 11.6 Å². The minimum Gasteiger partial charge on any atom is -0.484 e. The maximum absolute atomic E-state index is 5.86. The lowest BCUT2D eigenvalue weighted by atomic mass is 10.1. The molecular weight excluding hydrogens is 264 g/mol. The lowest BCUT2D eigenvalue weighted by Crippen LogP contribution is -1.96. The summed E-state index contributed by atoms with van der Waals surface area (Å²) in [6, 6.07) is 6.23. The van der Waals surface area contributed by atoms with Gasteiger partial charge in [-0.25, -0.2) is 0 Å². The lowest BCUT2D eigenvalue weighted by Gasteiger charge is -2.05. The van der Waals surface area contributed by atoms with Gasteiger partial charge in [0.1, 0.15) is 11.1 Å². The fourth-order valence-electron chi connectivity index (χ4n) is 2.27. The average Bonchev–Trinajstić information content (AvgIpc) is 3.04. The van der Waals surface area contributed by atoms with E-state index in [1.54, 1.807) is 6.92 Å². The number of fused-ring (bicyclic) bond motifs is 1. The highest BCUT2D eigenvalue weighted by Gasteiger charge is 2.13. The zero-order valence-electron chi connectivity index (χ0n) is 10.7. The van der Waals surface area contributed by atoms with Crippen molar-refractivity contribution in [2.24, 2.45) is 0 Å². The van der Waals surface area contributed by atoms with E-state index in [0.29, 0.717) is 11.8 Å². The van der Waals surface area contributed by atoms with E-state index in [4.69, 9.17) is 20.8 Å². The van der Waals surface area contributed by atoms with Gasteiger partial charge in [0.05, 0.1) is 0 Å². The molecule has 0 saturated heterocycles. The Bertz CT molecular complexity index is 581. The lowest BCUT2D eigenvalue weighted by molar-refractivity contribution is 0.258. The number of alkyl halides is 1. The van der Waals surface area contributed by atoms with Crippen molar-refractivity contribution in [1.82, 2.24) is 10.2 Å². The van der Waals surface area contributed by atoms with Crippen LogP contribution in [0.15, 0.2) is 22.6 Å². The molecule has 1 aromatic heterocycles. The summed E-state index contributed by atoms with van der Waals surface area (Å²) < 4.78 is 11.1. The van der Waals surface area contributed by atoms with E-state index in [1.165, 1.54) is 24.0 Å². The van der Waals surface area contributed by atoms with Crippen molar-refractivity contribution in [3.05, 3.63) is 41.1 Å². The predicted molar refractivity (Wildman–Crippen MR) is 71.4 cm³/mol. The highest BCUT2D eigenvalue weighted by atomic mass is 35.5. The Hall–Kier alpha value is -1.55. The van der Waals surface area contributed by atoms with Crippen molar-refractivity contribution >= 4 is 11.6 Å². The number of hydrogen-bond acceptors (Lipinski definition) is 4. The van der Waals surface area contributed by atoms with Crippen LogP contribution in [0.5, 0.6) is 5.75 Å². The fourth-order valence-corrected chi connectivity index (χ4v) is 2.36. The second-order valence-electron chi connectivity index (χ2n) is 4.72. The first-order chi connectivity index (χ1) is 9.22. The van der Waals surface area contributed by atoms with Crippen LogP contribution in [-0.4, -0.2) is 10.2 Å². The molecule has 5 heteroatoms. The van der Waals surface area contributed by atoms with Crippen LogP contribution in [0.2, 0.25) is 0 Å². The smallest absolute Gasteiger partial charge is 0.253 e. The van der Waals surface area contributed by atoms with Gasteiger partial charge in [-0.3, -0.25) is 0 Å². The van der Waals surface area contributed by atoms with Gasteiger partial charge < -0.3 is 9.15 Å². The van der Waals surface area contributed by atoms with Gasteiger partial charge in [-0.05, 0) is 49.4 Å². The molecule has 1 aromatic carbocycles. The predicted octanol–water partition coefficient (Wildman–Crippen LogP) is 3.44. The van der Waals surface area contributed by atoms with Crippen molar-refractivity contribution < 1.29 is 9.15 Å². The van der Waals surface area contributed by atoms with E-state index in [-0.39, 0.29) is 12.0 Å². The quantitative estimate of drug-likeness (QED) is 0.804. The summed E-state index contributed by atoms with van der Waals surface area (Å²) in [7, 11) is 0. The number of halogens is 1. The van der Waals surface area contributed by atoms with Crippen molar-refractivity contribution in [2.75, 3.05) is 0 Å². The molecule has 1 atom stereocenters. The molecule has 1 unspecified atom stereocenters. The summed E-state index contributed by atoms with van der Waals surface area (Å²) in [5, 5.41) is 7.48. The molecule has 1 heterocycles. The number of aryl methyl sites for hydroxylation is 2. The van der Waals surface area contributed by atoms with Crippen LogP contribution in [0, 0.1) is 0 Å². The maximum atomic E-state index is 5.86. The van der Waals surface area contributed by atoms with Gasteiger partial charge in [0.25, 0.3) is 5.89 Å². The summed E-state index contributed by atoms with van der Waals surface area (Å²) in [5.41, 5.74) is 2.82. The number of aromatic nitrogens is 2. The second-order valence-corrected chi connectivity index (χ2v) is 5.38. The van der Waals surface area contributed by atoms with E-state index in [9.17, 15) is 0 Å². The summed E-state index contributed by atoms with van der Waals surface area (Å²) in [6.07, 6.45) is 3.55. The van der Waals surface area contributed by atoms with Crippen LogP contribution in [0.3, 0.4) is 0 Å². The Balaban J connectivity index is 1.65. The number of hydrogen-bond donors (Lipinski definition) is 0. The Morgan fingerprint density at radius 2 is 2.16 bits per heavy atom. The number of ether oxygens (including phenoxy) is 1. The van der Waals surface area contributed by atoms with Crippen LogP contribution in [0.4, 0.5) is 0 Å². The zero-order chi connectivity index (χ0) is 13.2. The molecule has 0 aliphatic heterocycles. The van der Waals surface area contributed by atoms with E-state index in [0.717, 1.165) is 12.2 Å². The van der Waals surface area contributed by atoms with Crippen LogP contribution in [-0.2, 0) is 19.4 Å². The first kappa shape index (κ1) is 12.5. The van der Waals surface area contributed by atoms with Crippen LogP contribution < -0.4 is 4.74 Å². The first-order valence-electron chi connectivity index (χ1n) is 6.43. The summed E-state index contributed by atoms with van der Waals surface area (Å²) >= 11 is 5.86. The molecule has 0 amide bonds. The van der Waals surface area contributed by atoms with Crippen molar-refractivity contribution in [1.29, 1.82) is 0 Å². The summed E-state index contributed by atoms with van der Waals surface area (Å²) in [4.78, 5) is 0. The third-order valence-corrected chi connectivity index (χ3v) is 3.44. The maximum Gasteiger partial charge on any atom is 0.253 e. The van der Waals surface area contributed by atoms with Crippen molar-refractivity contribution in [3.63, 3.8) is 0 Å². The topological polar surface area (TPSA) is 48.2 Å². The molecule has 3 rings (SSSR count). The molecule has 19 heavy (non-hydrogen) atoms. The normalized spacial score (nSPS) is 15.3. The number of benzene rings is 1. The number of rotatable bonds is 4. The van der Waals surface area contributed by atoms with Gasteiger partial charge >= 0.3 is 0 Å². The van der Waals surface area contributed by atoms with E-state index in [1.807, 2.05) is 6.07 Å². The van der Waals surface area contributed by atoms with E-state index >= 15 is 0 Å². The molecule has 0 bridgehead atoms. The Kier molecular flexibility index (Phi) is 3.42. The molecule has 2 aromatic rings. The molecule has 1 aliphatic rings. The molecule has 1 aliphatic carbocycles. The minimum absolute atomic E-state index is 0.273. The monoisotopic (exact) mass is 278 g/mol. The molecule has 0 spiro atoms. The van der Waals surface area contributed by atoms with Crippen molar-refractivity contribution in [3.8, 4) is 5.75 Å². The van der Waals surface area contributed by atoms with Crippen LogP contribution in [0.1, 0.15) is 41.6 Å². The Morgan fingerprint density at radius 1 is 1.32 bits per heavy atom. The van der Waals surface area contributed by atoms with Gasteiger partial charge in [0.15, 0.2) is 6.61 Å². The van der Waals surface area contributed by atoms with Gasteiger partial charge in [-0.15, -0.1) is 21.8 Å². The zero-order valence-corrected chi connectivity index (χ0v) is 11.5. The molecule has 0 saturated carbocycles. The SMILES string of the molecule is CC(Cl)c1nnc(COc2ccc3c(c2)CCC3)o1. The van der Waals surface area contributed by atoms with Gasteiger partial charge in [-0.2, -0.15) is 0 Å². The van der Waals surface area contributed by atoms with Gasteiger partial charge in [0, 0.05) is 0 Å². The molecule has 100 valence electrons. The standard InChI is InChI=1S/C14H15ClN2O2/c1-9(15)14-17-16-13(19-14)8-18-12-6-5-10-3-2-4-11(10)7-12/h5-7,9H,2-4,8H2,1H3. The summed E-state index contributed by atoms with van der Waals surface area (Å²) in [6.45, 7) is 2.07.